The second-order valence-electron chi connectivity index (χ2n) is 16.8. The highest BCUT2D eigenvalue weighted by Gasteiger charge is 2.21. The lowest BCUT2D eigenvalue weighted by Crippen LogP contribution is -2.50. The number of ether oxygens (including phenoxy) is 2. The Bertz CT molecular complexity index is 912. The number of hydrogen-bond donors (Lipinski definition) is 1. The molecule has 0 aromatic carbocycles. The van der Waals surface area contributed by atoms with Crippen LogP contribution in [0.5, 0.6) is 0 Å². The molecule has 56 heavy (non-hydrogen) atoms. The molecular formula is C47H91N3O6. The zero-order valence-electron chi connectivity index (χ0n) is 37.2. The second kappa shape index (κ2) is 38.6. The molecule has 0 aromatic rings. The highest BCUT2D eigenvalue weighted by molar-refractivity contribution is 5.69. The molecule has 9 heteroatoms. The van der Waals surface area contributed by atoms with Gasteiger partial charge in [0, 0.05) is 52.1 Å². The van der Waals surface area contributed by atoms with Gasteiger partial charge in [-0.3, -0.25) is 14.5 Å². The van der Waals surface area contributed by atoms with Crippen molar-refractivity contribution in [3.05, 3.63) is 0 Å². The van der Waals surface area contributed by atoms with E-state index in [1.165, 1.54) is 108 Å². The minimum absolute atomic E-state index is 0.00102. The highest BCUT2D eigenvalue weighted by atomic mass is 16.5. The van der Waals surface area contributed by atoms with Gasteiger partial charge in [-0.2, -0.15) is 0 Å². The van der Waals surface area contributed by atoms with E-state index in [-0.39, 0.29) is 18.0 Å². The lowest BCUT2D eigenvalue weighted by Gasteiger charge is -2.34. The Morgan fingerprint density at radius 2 is 0.946 bits per heavy atom. The summed E-state index contributed by atoms with van der Waals surface area (Å²) in [4.78, 5) is 42.8. The smallest absolute Gasteiger partial charge is 0.407 e. The normalized spacial score (nSPS) is 14.0. The van der Waals surface area contributed by atoms with E-state index in [9.17, 15) is 19.5 Å². The molecule has 0 bridgehead atoms. The molecule has 1 rings (SSSR count). The number of nitrogens with zero attached hydrogens (tertiary/aromatic N) is 3. The van der Waals surface area contributed by atoms with Crippen LogP contribution in [-0.2, 0) is 19.1 Å². The maximum absolute atomic E-state index is 12.8. The van der Waals surface area contributed by atoms with Crippen molar-refractivity contribution >= 4 is 18.0 Å². The molecule has 0 aliphatic carbocycles. The van der Waals surface area contributed by atoms with Crippen molar-refractivity contribution in [2.75, 3.05) is 59.0 Å². The first kappa shape index (κ1) is 52.1. The maximum atomic E-state index is 12.8. The number of unbranched alkanes of at least 4 members (excludes halogenated alkanes) is 22. The number of carbonyl (C=O) groups is 3. The van der Waals surface area contributed by atoms with E-state index < -0.39 is 6.09 Å². The minimum Gasteiger partial charge on any atom is -0.466 e. The van der Waals surface area contributed by atoms with Gasteiger partial charge in [-0.05, 0) is 70.9 Å². The van der Waals surface area contributed by atoms with Crippen molar-refractivity contribution < 1.29 is 29.0 Å². The van der Waals surface area contributed by atoms with Crippen molar-refractivity contribution in [2.45, 2.75) is 226 Å². The molecule has 1 heterocycles. The lowest BCUT2D eigenvalue weighted by molar-refractivity contribution is -0.150. The molecule has 1 amide bonds. The van der Waals surface area contributed by atoms with Gasteiger partial charge in [0.2, 0.25) is 0 Å². The first-order valence-electron chi connectivity index (χ1n) is 24.2. The van der Waals surface area contributed by atoms with Gasteiger partial charge in [0.25, 0.3) is 0 Å². The molecule has 0 saturated carbocycles. The number of carbonyl (C=O) groups excluding carboxylic acids is 2. The first-order chi connectivity index (χ1) is 27.4. The molecule has 1 saturated heterocycles. The Kier molecular flexibility index (Phi) is 36.0. The summed E-state index contributed by atoms with van der Waals surface area (Å²) in [6, 6.07) is 0. The summed E-state index contributed by atoms with van der Waals surface area (Å²) >= 11 is 0. The third-order valence-corrected chi connectivity index (χ3v) is 11.7. The molecule has 1 N–H and O–H groups in total. The molecule has 1 aliphatic heterocycles. The van der Waals surface area contributed by atoms with Crippen molar-refractivity contribution in [2.24, 2.45) is 0 Å². The third kappa shape index (κ3) is 32.1. The molecule has 1 aliphatic rings. The average molecular weight is 794 g/mol. The Morgan fingerprint density at radius 3 is 1.48 bits per heavy atom. The summed E-state index contributed by atoms with van der Waals surface area (Å²) in [7, 11) is 0. The van der Waals surface area contributed by atoms with Crippen LogP contribution < -0.4 is 0 Å². The fraction of sp³-hybridized carbons (Fsp3) is 0.936. The van der Waals surface area contributed by atoms with E-state index in [4.69, 9.17) is 9.47 Å². The summed E-state index contributed by atoms with van der Waals surface area (Å²) in [5, 5.41) is 9.31. The summed E-state index contributed by atoms with van der Waals surface area (Å²) in [6.07, 6.45) is 34.6. The minimum atomic E-state index is -0.818. The van der Waals surface area contributed by atoms with Crippen LogP contribution in [0.25, 0.3) is 0 Å². The Balaban J connectivity index is 2.32. The fourth-order valence-electron chi connectivity index (χ4n) is 7.83. The van der Waals surface area contributed by atoms with Crippen LogP contribution in [0.15, 0.2) is 0 Å². The van der Waals surface area contributed by atoms with E-state index in [1.807, 2.05) is 0 Å². The molecular weight excluding hydrogens is 703 g/mol. The van der Waals surface area contributed by atoms with Gasteiger partial charge in [0.05, 0.1) is 6.61 Å². The standard InChI is InChI=1S/C47H91N3O6/c1-4-7-10-13-15-16-17-22-30-43-55-45(51)33-27-23-29-36-48(37-38-49-39-41-50(42-40-49)47(53)54)35-28-21-18-20-26-34-46(52)56-44(31-24-12-9-6-3)32-25-19-14-11-8-5-2/h44H,4-43H2,1-3H3,(H,53,54). The van der Waals surface area contributed by atoms with E-state index in [1.54, 1.807) is 0 Å². The first-order valence-corrected chi connectivity index (χ1v) is 24.2. The highest BCUT2D eigenvalue weighted by Crippen LogP contribution is 2.18. The largest absolute Gasteiger partial charge is 0.466 e. The van der Waals surface area contributed by atoms with E-state index in [0.717, 1.165) is 123 Å². The number of hydrogen-bond acceptors (Lipinski definition) is 7. The number of carboxylic acid groups (broad SMARTS) is 1. The van der Waals surface area contributed by atoms with E-state index in [2.05, 4.69) is 30.6 Å². The fourth-order valence-corrected chi connectivity index (χ4v) is 7.83. The topological polar surface area (TPSA) is 99.6 Å². The van der Waals surface area contributed by atoms with Crippen molar-refractivity contribution in [1.82, 2.24) is 14.7 Å². The predicted molar refractivity (Wildman–Crippen MR) is 233 cm³/mol. The maximum Gasteiger partial charge on any atom is 0.407 e. The molecule has 330 valence electrons. The Labute approximate surface area is 345 Å². The number of piperazine rings is 1. The monoisotopic (exact) mass is 794 g/mol. The predicted octanol–water partition coefficient (Wildman–Crippen LogP) is 12.2. The zero-order valence-corrected chi connectivity index (χ0v) is 37.2. The van der Waals surface area contributed by atoms with Gasteiger partial charge in [-0.15, -0.1) is 0 Å². The van der Waals surface area contributed by atoms with Gasteiger partial charge in [0.1, 0.15) is 6.10 Å². The Morgan fingerprint density at radius 1 is 0.518 bits per heavy atom. The quantitative estimate of drug-likeness (QED) is 0.0484. The molecule has 0 spiro atoms. The van der Waals surface area contributed by atoms with Crippen LogP contribution in [-0.4, -0.2) is 103 Å². The van der Waals surface area contributed by atoms with Gasteiger partial charge in [0.15, 0.2) is 0 Å². The molecule has 0 aromatic heterocycles. The van der Waals surface area contributed by atoms with E-state index >= 15 is 0 Å². The number of rotatable bonds is 40. The molecule has 9 nitrogen and oxygen atoms in total. The van der Waals surface area contributed by atoms with Crippen molar-refractivity contribution in [3.8, 4) is 0 Å². The van der Waals surface area contributed by atoms with Gasteiger partial charge in [-0.25, -0.2) is 4.79 Å². The van der Waals surface area contributed by atoms with Crippen LogP contribution in [0.1, 0.15) is 220 Å². The summed E-state index contributed by atoms with van der Waals surface area (Å²) in [5.41, 5.74) is 0. The van der Waals surface area contributed by atoms with Crippen LogP contribution in [0.3, 0.4) is 0 Å². The van der Waals surface area contributed by atoms with Crippen molar-refractivity contribution in [3.63, 3.8) is 0 Å². The molecule has 1 unspecified atom stereocenters. The number of esters is 2. The lowest BCUT2D eigenvalue weighted by atomic mass is 10.0. The zero-order chi connectivity index (χ0) is 40.7. The van der Waals surface area contributed by atoms with Crippen molar-refractivity contribution in [1.29, 1.82) is 0 Å². The van der Waals surface area contributed by atoms with E-state index in [0.29, 0.717) is 32.5 Å². The Hall–Kier alpha value is -1.87. The molecule has 1 atom stereocenters. The van der Waals surface area contributed by atoms with Crippen LogP contribution in [0, 0.1) is 0 Å². The summed E-state index contributed by atoms with van der Waals surface area (Å²) in [6.45, 7) is 14.1. The van der Waals surface area contributed by atoms with Gasteiger partial charge in [-0.1, -0.05) is 149 Å². The molecule has 0 radical (unpaired) electrons. The SMILES string of the molecule is CCCCCCCCCCCOC(=O)CCCCCN(CCCCCCCC(=O)OC(CCCCCC)CCCCCCCC)CCN1CCN(C(=O)O)CC1. The van der Waals surface area contributed by atoms with Crippen LogP contribution >= 0.6 is 0 Å². The van der Waals surface area contributed by atoms with Gasteiger partial charge >= 0.3 is 18.0 Å². The third-order valence-electron chi connectivity index (χ3n) is 11.7. The van der Waals surface area contributed by atoms with Crippen LogP contribution in [0.2, 0.25) is 0 Å². The van der Waals surface area contributed by atoms with Gasteiger partial charge < -0.3 is 24.4 Å². The molecule has 1 fully saturated rings. The second-order valence-corrected chi connectivity index (χ2v) is 16.8. The van der Waals surface area contributed by atoms with Crippen LogP contribution in [0.4, 0.5) is 4.79 Å². The summed E-state index contributed by atoms with van der Waals surface area (Å²) < 4.78 is 11.5. The number of amides is 1. The average Bonchev–Trinajstić information content (AvgIpc) is 3.19. The summed E-state index contributed by atoms with van der Waals surface area (Å²) in [5.74, 6) is -0.0514.